The Labute approximate surface area is 191 Å². The number of nitrogens with zero attached hydrogens (tertiary/aromatic N) is 2. The highest BCUT2D eigenvalue weighted by atomic mass is 16.3. The molecule has 1 amide bonds. The van der Waals surface area contributed by atoms with E-state index >= 15 is 0 Å². The van der Waals surface area contributed by atoms with Crippen molar-refractivity contribution in [2.24, 2.45) is 23.7 Å². The molecule has 0 radical (unpaired) electrons. The number of carbonyl (C=O) groups excluding carboxylic acids is 1. The normalized spacial score (nSPS) is 27.5. The minimum atomic E-state index is -1.42. The lowest BCUT2D eigenvalue weighted by Crippen LogP contribution is -2.50. The molecule has 3 atom stereocenters. The van der Waals surface area contributed by atoms with E-state index in [0.717, 1.165) is 62.3 Å². The van der Waals surface area contributed by atoms with Crippen LogP contribution in [0.2, 0.25) is 0 Å². The Morgan fingerprint density at radius 2 is 1.78 bits per heavy atom. The number of aliphatic hydroxyl groups is 1. The van der Waals surface area contributed by atoms with Crippen molar-refractivity contribution in [2.75, 3.05) is 19.6 Å². The molecule has 3 unspecified atom stereocenters. The molecule has 1 aromatic heterocycles. The predicted octanol–water partition coefficient (Wildman–Crippen LogP) is 3.65. The Morgan fingerprint density at radius 3 is 2.47 bits per heavy atom. The van der Waals surface area contributed by atoms with Gasteiger partial charge in [0.05, 0.1) is 5.69 Å². The van der Waals surface area contributed by atoms with Crippen molar-refractivity contribution in [3.8, 4) is 0 Å². The van der Waals surface area contributed by atoms with E-state index < -0.39 is 5.60 Å². The van der Waals surface area contributed by atoms with E-state index in [4.69, 9.17) is 0 Å². The molecule has 32 heavy (non-hydrogen) atoms. The number of rotatable bonds is 7. The number of fused-ring (bicyclic) bond motifs is 1. The van der Waals surface area contributed by atoms with Crippen molar-refractivity contribution in [1.29, 1.82) is 0 Å². The molecule has 3 aliphatic rings. The molecule has 5 rings (SSSR count). The number of aromatic nitrogens is 1. The Hall–Kier alpha value is -2.24. The zero-order valence-electron chi connectivity index (χ0n) is 19.0. The molecule has 1 saturated heterocycles. The molecule has 2 N–H and O–H groups in total. The summed E-state index contributed by atoms with van der Waals surface area (Å²) in [6.45, 7) is 5.77. The summed E-state index contributed by atoms with van der Waals surface area (Å²) in [4.78, 5) is 20.5. The van der Waals surface area contributed by atoms with Crippen molar-refractivity contribution in [2.45, 2.75) is 51.2 Å². The van der Waals surface area contributed by atoms with E-state index in [0.29, 0.717) is 24.3 Å². The summed E-state index contributed by atoms with van der Waals surface area (Å²) in [6.07, 6.45) is 5.20. The molecule has 2 aromatic rings. The van der Waals surface area contributed by atoms with E-state index in [9.17, 15) is 9.90 Å². The molecular weight excluding hydrogens is 398 g/mol. The predicted molar refractivity (Wildman–Crippen MR) is 125 cm³/mol. The number of carbonyl (C=O) groups is 1. The quantitative estimate of drug-likeness (QED) is 0.700. The largest absolute Gasteiger partial charge is 0.375 e. The zero-order chi connectivity index (χ0) is 22.1. The Balaban J connectivity index is 1.18. The summed E-state index contributed by atoms with van der Waals surface area (Å²) >= 11 is 0. The van der Waals surface area contributed by atoms with Gasteiger partial charge in [0.1, 0.15) is 0 Å². The molecular formula is C27H35N3O2. The van der Waals surface area contributed by atoms with E-state index in [1.54, 1.807) is 0 Å². The summed E-state index contributed by atoms with van der Waals surface area (Å²) in [5, 5.41) is 14.9. The second kappa shape index (κ2) is 8.95. The van der Waals surface area contributed by atoms with Crippen LogP contribution in [0.3, 0.4) is 0 Å². The van der Waals surface area contributed by atoms with E-state index in [1.165, 1.54) is 6.42 Å². The van der Waals surface area contributed by atoms with Gasteiger partial charge in [-0.15, -0.1) is 0 Å². The van der Waals surface area contributed by atoms with Crippen molar-refractivity contribution < 1.29 is 9.90 Å². The molecule has 5 nitrogen and oxygen atoms in total. The number of piperidine rings is 1. The second-order valence-electron chi connectivity index (χ2n) is 10.1. The number of nitrogens with one attached hydrogen (secondary N) is 1. The van der Waals surface area contributed by atoms with Crippen LogP contribution in [0.15, 0.2) is 48.5 Å². The van der Waals surface area contributed by atoms with E-state index in [2.05, 4.69) is 27.3 Å². The lowest BCUT2D eigenvalue weighted by Gasteiger charge is -2.37. The van der Waals surface area contributed by atoms with Gasteiger partial charge in [0.25, 0.3) is 5.91 Å². The average molecular weight is 434 g/mol. The number of hydrogen-bond donors (Lipinski definition) is 2. The maximum atomic E-state index is 13.4. The van der Waals surface area contributed by atoms with E-state index in [1.807, 2.05) is 43.3 Å². The van der Waals surface area contributed by atoms with Crippen LogP contribution in [-0.4, -0.2) is 40.5 Å². The molecule has 2 saturated carbocycles. The highest BCUT2D eigenvalue weighted by Crippen LogP contribution is 2.51. The summed E-state index contributed by atoms with van der Waals surface area (Å²) in [5.41, 5.74) is 1.51. The second-order valence-corrected chi connectivity index (χ2v) is 10.1. The van der Waals surface area contributed by atoms with E-state index in [-0.39, 0.29) is 11.8 Å². The van der Waals surface area contributed by atoms with Gasteiger partial charge in [0.2, 0.25) is 0 Å². The molecule has 0 spiro atoms. The van der Waals surface area contributed by atoms with Gasteiger partial charge >= 0.3 is 0 Å². The molecule has 1 aliphatic heterocycles. The number of aryl methyl sites for hydroxylation is 1. The average Bonchev–Trinajstić information content (AvgIpc) is 3.28. The van der Waals surface area contributed by atoms with Crippen LogP contribution in [0.1, 0.15) is 49.1 Å². The van der Waals surface area contributed by atoms with Crippen LogP contribution >= 0.6 is 0 Å². The number of amides is 1. The van der Waals surface area contributed by atoms with Crippen molar-refractivity contribution in [3.05, 3.63) is 65.5 Å². The molecule has 5 heteroatoms. The molecule has 2 aliphatic carbocycles. The van der Waals surface area contributed by atoms with Crippen LogP contribution < -0.4 is 5.32 Å². The minimum Gasteiger partial charge on any atom is -0.375 e. The van der Waals surface area contributed by atoms with Crippen molar-refractivity contribution in [1.82, 2.24) is 15.2 Å². The maximum Gasteiger partial charge on any atom is 0.256 e. The van der Waals surface area contributed by atoms with Gasteiger partial charge in [-0.1, -0.05) is 55.7 Å². The topological polar surface area (TPSA) is 65.5 Å². The monoisotopic (exact) mass is 433 g/mol. The van der Waals surface area contributed by atoms with Crippen molar-refractivity contribution in [3.63, 3.8) is 0 Å². The first-order chi connectivity index (χ1) is 15.6. The maximum absolute atomic E-state index is 13.4. The fourth-order valence-corrected chi connectivity index (χ4v) is 6.20. The van der Waals surface area contributed by atoms with Gasteiger partial charge in [-0.3, -0.25) is 14.7 Å². The summed E-state index contributed by atoms with van der Waals surface area (Å²) < 4.78 is 0. The Kier molecular flexibility index (Phi) is 6.04. The number of hydrogen-bond acceptors (Lipinski definition) is 4. The lowest BCUT2D eigenvalue weighted by atomic mass is 9.73. The highest BCUT2D eigenvalue weighted by molar-refractivity contribution is 5.86. The standard InChI is InChI=1S/C27H35N3O2/c1-19-9-8-14-22(29-19)16-30-17-24-23(25(24)18-30)15-28-26(31)27(32,20-10-4-2-5-11-20)21-12-6-3-7-13-21/h2,4-5,8-11,14,21,23-25,32H,3,6-7,12-13,15-18H2,1H3,(H,28,31). The van der Waals surface area contributed by atoms with Crippen LogP contribution in [0.4, 0.5) is 0 Å². The van der Waals surface area contributed by atoms with Crippen LogP contribution in [0.25, 0.3) is 0 Å². The smallest absolute Gasteiger partial charge is 0.256 e. The SMILES string of the molecule is Cc1cccc(CN2CC3C(CNC(=O)C(O)(c4ccccc4)C4CCCCC4)C3C2)n1. The van der Waals surface area contributed by atoms with Crippen LogP contribution in [-0.2, 0) is 16.9 Å². The fraction of sp³-hybridized carbons (Fsp3) is 0.556. The Morgan fingerprint density at radius 1 is 1.06 bits per heavy atom. The fourth-order valence-electron chi connectivity index (χ4n) is 6.20. The third-order valence-electron chi connectivity index (χ3n) is 8.03. The first kappa shape index (κ1) is 21.6. The van der Waals surface area contributed by atoms with Gasteiger partial charge in [-0.05, 0) is 55.2 Å². The first-order valence-electron chi connectivity index (χ1n) is 12.3. The minimum absolute atomic E-state index is 0.00493. The Bertz CT molecular complexity index is 931. The molecule has 2 heterocycles. The third kappa shape index (κ3) is 4.20. The molecule has 3 fully saturated rings. The van der Waals surface area contributed by atoms with Crippen LogP contribution in [0, 0.1) is 30.6 Å². The summed E-state index contributed by atoms with van der Waals surface area (Å²) in [7, 11) is 0. The summed E-state index contributed by atoms with van der Waals surface area (Å²) in [6, 6.07) is 15.8. The van der Waals surface area contributed by atoms with Gasteiger partial charge in [0.15, 0.2) is 5.60 Å². The lowest BCUT2D eigenvalue weighted by molar-refractivity contribution is -0.149. The van der Waals surface area contributed by atoms with Gasteiger partial charge in [0, 0.05) is 37.8 Å². The number of pyridine rings is 1. The van der Waals surface area contributed by atoms with Gasteiger partial charge in [-0.25, -0.2) is 0 Å². The first-order valence-corrected chi connectivity index (χ1v) is 12.3. The molecule has 1 aromatic carbocycles. The highest BCUT2D eigenvalue weighted by Gasteiger charge is 2.55. The van der Waals surface area contributed by atoms with Gasteiger partial charge < -0.3 is 10.4 Å². The van der Waals surface area contributed by atoms with Crippen LogP contribution in [0.5, 0.6) is 0 Å². The number of likely N-dealkylation sites (tertiary alicyclic amines) is 1. The van der Waals surface area contributed by atoms with Gasteiger partial charge in [-0.2, -0.15) is 0 Å². The third-order valence-corrected chi connectivity index (χ3v) is 8.03. The molecule has 0 bridgehead atoms. The number of benzene rings is 1. The molecule has 170 valence electrons. The zero-order valence-corrected chi connectivity index (χ0v) is 19.0. The van der Waals surface area contributed by atoms with Crippen molar-refractivity contribution >= 4 is 5.91 Å². The summed E-state index contributed by atoms with van der Waals surface area (Å²) in [5.74, 6) is 1.63.